The minimum Gasteiger partial charge on any atom is -0.368 e. The first-order valence-electron chi connectivity index (χ1n) is 7.55. The van der Waals surface area contributed by atoms with Crippen LogP contribution in [0.15, 0.2) is 5.16 Å². The molecule has 0 saturated heterocycles. The topological polar surface area (TPSA) is 85.8 Å². The van der Waals surface area contributed by atoms with Gasteiger partial charge in [0.05, 0.1) is 0 Å². The molecule has 21 heavy (non-hydrogen) atoms. The Hall–Kier alpha value is -1.08. The molecule has 1 aliphatic carbocycles. The molecule has 0 radical (unpaired) electrons. The summed E-state index contributed by atoms with van der Waals surface area (Å²) in [5, 5.41) is 12.5. The highest BCUT2D eigenvalue weighted by molar-refractivity contribution is 7.99. The molecule has 6 nitrogen and oxygen atoms in total. The van der Waals surface area contributed by atoms with Crippen LogP contribution in [0.4, 0.5) is 0 Å². The lowest BCUT2D eigenvalue weighted by Crippen LogP contribution is -2.57. The quantitative estimate of drug-likeness (QED) is 0.740. The van der Waals surface area contributed by atoms with Gasteiger partial charge >= 0.3 is 0 Å². The molecular weight excluding hydrogens is 286 g/mol. The van der Waals surface area contributed by atoms with Crippen molar-refractivity contribution in [2.45, 2.75) is 50.2 Å². The summed E-state index contributed by atoms with van der Waals surface area (Å²) in [6, 6.07) is 0. The van der Waals surface area contributed by atoms with Gasteiger partial charge in [0.15, 0.2) is 5.16 Å². The van der Waals surface area contributed by atoms with E-state index >= 15 is 0 Å². The van der Waals surface area contributed by atoms with Crippen molar-refractivity contribution in [2.75, 3.05) is 12.3 Å². The molecule has 0 aromatic carbocycles. The van der Waals surface area contributed by atoms with Gasteiger partial charge < -0.3 is 15.6 Å². The summed E-state index contributed by atoms with van der Waals surface area (Å²) >= 11 is 1.69. The number of primary amides is 1. The zero-order valence-corrected chi connectivity index (χ0v) is 13.9. The number of rotatable bonds is 7. The van der Waals surface area contributed by atoms with Gasteiger partial charge in [-0.1, -0.05) is 25.1 Å². The van der Waals surface area contributed by atoms with E-state index in [4.69, 9.17) is 5.73 Å². The Morgan fingerprint density at radius 1 is 1.57 bits per heavy atom. The van der Waals surface area contributed by atoms with Crippen molar-refractivity contribution >= 4 is 17.7 Å². The van der Waals surface area contributed by atoms with Crippen molar-refractivity contribution in [1.82, 2.24) is 20.1 Å². The second-order valence-corrected chi connectivity index (χ2v) is 6.74. The summed E-state index contributed by atoms with van der Waals surface area (Å²) in [7, 11) is 1.97. The van der Waals surface area contributed by atoms with E-state index in [9.17, 15) is 4.79 Å². The summed E-state index contributed by atoms with van der Waals surface area (Å²) < 4.78 is 1.99. The van der Waals surface area contributed by atoms with Gasteiger partial charge in [-0.3, -0.25) is 4.79 Å². The number of nitrogens with two attached hydrogens (primary N) is 1. The highest BCUT2D eigenvalue weighted by atomic mass is 32.2. The summed E-state index contributed by atoms with van der Waals surface area (Å²) in [4.78, 5) is 11.9. The van der Waals surface area contributed by atoms with Crippen molar-refractivity contribution < 1.29 is 4.79 Å². The Bertz CT molecular complexity index is 504. The van der Waals surface area contributed by atoms with Crippen LogP contribution in [0.3, 0.4) is 0 Å². The third kappa shape index (κ3) is 3.23. The third-order valence-electron chi connectivity index (χ3n) is 4.50. The molecule has 2 atom stereocenters. The molecule has 1 saturated carbocycles. The first-order valence-corrected chi connectivity index (χ1v) is 8.53. The van der Waals surface area contributed by atoms with E-state index in [0.717, 1.165) is 49.0 Å². The summed E-state index contributed by atoms with van der Waals surface area (Å²) in [5.41, 5.74) is 5.18. The highest BCUT2D eigenvalue weighted by Crippen LogP contribution is 2.38. The van der Waals surface area contributed by atoms with Crippen LogP contribution < -0.4 is 11.1 Å². The van der Waals surface area contributed by atoms with Crippen molar-refractivity contribution in [3.63, 3.8) is 0 Å². The largest absolute Gasteiger partial charge is 0.368 e. The standard InChI is InChI=1S/C14H25N5OS/c1-4-16-14(12(15)20)8-5-6-11(14)7-9-21-13-18-17-10(2)19(13)3/h11,16H,4-9H2,1-3H3,(H2,15,20). The molecule has 7 heteroatoms. The predicted octanol–water partition coefficient (Wildman–Crippen LogP) is 1.24. The van der Waals surface area contributed by atoms with Gasteiger partial charge in [0.25, 0.3) is 0 Å². The van der Waals surface area contributed by atoms with Gasteiger partial charge in [-0.25, -0.2) is 0 Å². The summed E-state index contributed by atoms with van der Waals surface area (Å²) in [5.74, 6) is 1.96. The fraction of sp³-hybridized carbons (Fsp3) is 0.786. The first kappa shape index (κ1) is 16.3. The van der Waals surface area contributed by atoms with Crippen molar-refractivity contribution in [1.29, 1.82) is 0 Å². The van der Waals surface area contributed by atoms with E-state index in [1.54, 1.807) is 11.8 Å². The van der Waals surface area contributed by atoms with Gasteiger partial charge in [0, 0.05) is 12.8 Å². The van der Waals surface area contributed by atoms with Crippen LogP contribution in [0.1, 0.15) is 38.4 Å². The molecule has 2 rings (SSSR count). The maximum absolute atomic E-state index is 11.9. The normalized spacial score (nSPS) is 25.4. The number of hydrogen-bond donors (Lipinski definition) is 2. The number of hydrogen-bond acceptors (Lipinski definition) is 5. The molecule has 3 N–H and O–H groups in total. The molecule has 1 amide bonds. The SMILES string of the molecule is CCNC1(C(N)=O)CCCC1CCSc1nnc(C)n1C. The van der Waals surface area contributed by atoms with Crippen LogP contribution in [0.5, 0.6) is 0 Å². The number of carbonyl (C=O) groups is 1. The van der Waals surface area contributed by atoms with E-state index in [1.165, 1.54) is 0 Å². The Kier molecular flexibility index (Phi) is 5.27. The van der Waals surface area contributed by atoms with E-state index in [2.05, 4.69) is 15.5 Å². The first-order chi connectivity index (χ1) is 10.0. The fourth-order valence-corrected chi connectivity index (χ4v) is 4.24. The molecule has 1 aromatic rings. The van der Waals surface area contributed by atoms with Gasteiger partial charge in [0.2, 0.25) is 5.91 Å². The number of nitrogens with zero attached hydrogens (tertiary/aromatic N) is 3. The average molecular weight is 311 g/mol. The summed E-state index contributed by atoms with van der Waals surface area (Å²) in [6.45, 7) is 4.74. The molecule has 1 fully saturated rings. The molecule has 2 unspecified atom stereocenters. The van der Waals surface area contributed by atoms with Crippen LogP contribution in [-0.4, -0.2) is 38.5 Å². The van der Waals surface area contributed by atoms with E-state index in [-0.39, 0.29) is 5.91 Å². The van der Waals surface area contributed by atoms with Gasteiger partial charge in [-0.05, 0) is 38.6 Å². The maximum atomic E-state index is 11.9. The van der Waals surface area contributed by atoms with E-state index in [1.807, 2.05) is 25.5 Å². The molecular formula is C14H25N5OS. The van der Waals surface area contributed by atoms with Gasteiger partial charge in [-0.15, -0.1) is 10.2 Å². The number of carbonyl (C=O) groups excluding carboxylic acids is 1. The summed E-state index contributed by atoms with van der Waals surface area (Å²) in [6.07, 6.45) is 3.95. The molecule has 0 bridgehead atoms. The molecule has 1 heterocycles. The van der Waals surface area contributed by atoms with Crippen LogP contribution in [0.2, 0.25) is 0 Å². The average Bonchev–Trinajstić information content (AvgIpc) is 2.99. The Balaban J connectivity index is 1.95. The number of likely N-dealkylation sites (N-methyl/N-ethyl adjacent to an activating group) is 1. The van der Waals surface area contributed by atoms with Gasteiger partial charge in [-0.2, -0.15) is 0 Å². The van der Waals surface area contributed by atoms with Gasteiger partial charge in [0.1, 0.15) is 11.4 Å². The molecule has 0 spiro atoms. The predicted molar refractivity (Wildman–Crippen MR) is 84.0 cm³/mol. The fourth-order valence-electron chi connectivity index (χ4n) is 3.23. The maximum Gasteiger partial charge on any atom is 0.238 e. The second-order valence-electron chi connectivity index (χ2n) is 5.68. The second kappa shape index (κ2) is 6.79. The number of amides is 1. The molecule has 1 aromatic heterocycles. The lowest BCUT2D eigenvalue weighted by molar-refractivity contribution is -0.125. The number of aromatic nitrogens is 3. The Morgan fingerprint density at radius 3 is 2.90 bits per heavy atom. The minimum absolute atomic E-state index is 0.202. The van der Waals surface area contributed by atoms with Crippen LogP contribution in [0, 0.1) is 12.8 Å². The third-order valence-corrected chi connectivity index (χ3v) is 5.56. The minimum atomic E-state index is -0.509. The van der Waals surface area contributed by atoms with Crippen LogP contribution >= 0.6 is 11.8 Å². The monoisotopic (exact) mass is 311 g/mol. The zero-order valence-electron chi connectivity index (χ0n) is 13.1. The van der Waals surface area contributed by atoms with Crippen molar-refractivity contribution in [3.05, 3.63) is 5.82 Å². The van der Waals surface area contributed by atoms with Crippen molar-refractivity contribution in [3.8, 4) is 0 Å². The molecule has 1 aliphatic rings. The Morgan fingerprint density at radius 2 is 2.33 bits per heavy atom. The molecule has 118 valence electrons. The highest BCUT2D eigenvalue weighted by Gasteiger charge is 2.46. The van der Waals surface area contributed by atoms with Crippen molar-refractivity contribution in [2.24, 2.45) is 18.7 Å². The Labute approximate surface area is 130 Å². The smallest absolute Gasteiger partial charge is 0.238 e. The van der Waals surface area contributed by atoms with Crippen LogP contribution in [0.25, 0.3) is 0 Å². The van der Waals surface area contributed by atoms with Crippen LogP contribution in [-0.2, 0) is 11.8 Å². The number of nitrogens with one attached hydrogen (secondary N) is 1. The molecule has 0 aliphatic heterocycles. The van der Waals surface area contributed by atoms with E-state index in [0.29, 0.717) is 5.92 Å². The number of aryl methyl sites for hydroxylation is 1. The lowest BCUT2D eigenvalue weighted by atomic mass is 9.84. The lowest BCUT2D eigenvalue weighted by Gasteiger charge is -2.33. The zero-order chi connectivity index (χ0) is 15.5. The number of thioether (sulfide) groups is 1. The van der Waals surface area contributed by atoms with E-state index < -0.39 is 5.54 Å².